The number of aliphatic imine (C=N–C) groups is 1. The number of nitrogens with zero attached hydrogens (tertiary/aromatic N) is 3. The molecule has 0 unspecified atom stereocenters. The molecule has 0 saturated carbocycles. The topological polar surface area (TPSA) is 106 Å². The highest BCUT2D eigenvalue weighted by molar-refractivity contribution is 8.14. The summed E-state index contributed by atoms with van der Waals surface area (Å²) in [5.41, 5.74) is 8.81. The molecule has 0 bridgehead atoms. The van der Waals surface area contributed by atoms with E-state index in [0.717, 1.165) is 11.3 Å². The molecule has 10 heteroatoms. The number of amidine groups is 1. The summed E-state index contributed by atoms with van der Waals surface area (Å²) in [5, 5.41) is 7.55. The summed E-state index contributed by atoms with van der Waals surface area (Å²) in [4.78, 5) is 21.1. The molecular weight excluding hydrogens is 453 g/mol. The second kappa shape index (κ2) is 8.55. The third kappa shape index (κ3) is 4.35. The summed E-state index contributed by atoms with van der Waals surface area (Å²) in [5.74, 6) is -0.152. The lowest BCUT2D eigenvalue weighted by atomic mass is 9.88. The molecule has 3 aromatic rings. The molecular formula is C22H21ClFN5O2S. The van der Waals surface area contributed by atoms with Crippen molar-refractivity contribution >= 4 is 40.1 Å². The van der Waals surface area contributed by atoms with Crippen molar-refractivity contribution in [2.45, 2.75) is 38.0 Å². The third-order valence-corrected chi connectivity index (χ3v) is 6.75. The molecule has 2 atom stereocenters. The Morgan fingerprint density at radius 3 is 2.78 bits per heavy atom. The molecule has 1 aliphatic heterocycles. The Balaban J connectivity index is 1.64. The molecule has 7 nitrogen and oxygen atoms in total. The SMILES string of the molecule is Cc1noc(C)c1[C@@H]1C[C@@](C)(c2cc(NC(=O)c3ccc(Cl)cn3)ccc2F)SC(N)=N1. The maximum atomic E-state index is 15.0. The van der Waals surface area contributed by atoms with E-state index in [2.05, 4.69) is 20.4 Å². The monoisotopic (exact) mass is 473 g/mol. The van der Waals surface area contributed by atoms with Crippen LogP contribution in [-0.4, -0.2) is 21.2 Å². The van der Waals surface area contributed by atoms with Gasteiger partial charge >= 0.3 is 0 Å². The lowest BCUT2D eigenvalue weighted by Gasteiger charge is -2.36. The van der Waals surface area contributed by atoms with Crippen LogP contribution < -0.4 is 11.1 Å². The van der Waals surface area contributed by atoms with Gasteiger partial charge in [-0.25, -0.2) is 9.37 Å². The van der Waals surface area contributed by atoms with Crippen LogP contribution in [0.25, 0.3) is 0 Å². The number of anilines is 1. The predicted molar refractivity (Wildman–Crippen MR) is 124 cm³/mol. The number of hydrogen-bond acceptors (Lipinski definition) is 7. The number of benzene rings is 1. The molecule has 1 aromatic carbocycles. The van der Waals surface area contributed by atoms with Gasteiger partial charge < -0.3 is 15.6 Å². The highest BCUT2D eigenvalue weighted by atomic mass is 35.5. The molecule has 3 N–H and O–H groups in total. The number of halogens is 2. The molecule has 1 aliphatic rings. The van der Waals surface area contributed by atoms with Gasteiger partial charge in [0.05, 0.1) is 21.5 Å². The van der Waals surface area contributed by atoms with E-state index in [-0.39, 0.29) is 11.7 Å². The number of rotatable bonds is 4. The van der Waals surface area contributed by atoms with Crippen molar-refractivity contribution in [3.63, 3.8) is 0 Å². The highest BCUT2D eigenvalue weighted by Gasteiger charge is 2.40. The molecule has 0 radical (unpaired) electrons. The predicted octanol–water partition coefficient (Wildman–Crippen LogP) is 5.14. The van der Waals surface area contributed by atoms with Crippen LogP contribution in [0.15, 0.2) is 46.0 Å². The molecule has 3 heterocycles. The fourth-order valence-electron chi connectivity index (χ4n) is 3.88. The minimum Gasteiger partial charge on any atom is -0.378 e. The van der Waals surface area contributed by atoms with Crippen LogP contribution >= 0.6 is 23.4 Å². The van der Waals surface area contributed by atoms with Crippen LogP contribution in [0.2, 0.25) is 5.02 Å². The fraction of sp³-hybridized carbons (Fsp3) is 0.273. The van der Waals surface area contributed by atoms with Gasteiger partial charge in [-0.05, 0) is 57.5 Å². The maximum Gasteiger partial charge on any atom is 0.274 e. The molecule has 2 aromatic heterocycles. The number of amides is 1. The summed E-state index contributed by atoms with van der Waals surface area (Å²) in [6.07, 6.45) is 1.87. The first-order valence-electron chi connectivity index (χ1n) is 9.84. The summed E-state index contributed by atoms with van der Waals surface area (Å²) in [6.45, 7) is 5.58. The number of nitrogens with one attached hydrogen (secondary N) is 1. The van der Waals surface area contributed by atoms with E-state index in [0.29, 0.717) is 33.6 Å². The Hall–Kier alpha value is -2.91. The smallest absolute Gasteiger partial charge is 0.274 e. The minimum absolute atomic E-state index is 0.202. The number of aryl methyl sites for hydroxylation is 2. The van der Waals surface area contributed by atoms with E-state index >= 15 is 0 Å². The van der Waals surface area contributed by atoms with E-state index in [1.807, 2.05) is 20.8 Å². The number of pyridine rings is 1. The van der Waals surface area contributed by atoms with Crippen molar-refractivity contribution in [3.05, 3.63) is 75.6 Å². The summed E-state index contributed by atoms with van der Waals surface area (Å²) in [7, 11) is 0. The average molecular weight is 474 g/mol. The van der Waals surface area contributed by atoms with Gasteiger partial charge in [0.1, 0.15) is 17.3 Å². The van der Waals surface area contributed by atoms with Crippen molar-refractivity contribution in [3.8, 4) is 0 Å². The first-order valence-corrected chi connectivity index (χ1v) is 11.0. The van der Waals surface area contributed by atoms with Crippen LogP contribution in [0.5, 0.6) is 0 Å². The third-order valence-electron chi connectivity index (χ3n) is 5.37. The highest BCUT2D eigenvalue weighted by Crippen LogP contribution is 2.50. The van der Waals surface area contributed by atoms with Crippen molar-refractivity contribution < 1.29 is 13.7 Å². The van der Waals surface area contributed by atoms with E-state index in [1.165, 1.54) is 36.2 Å². The minimum atomic E-state index is -0.726. The summed E-state index contributed by atoms with van der Waals surface area (Å²) in [6, 6.07) is 7.25. The Labute approximate surface area is 193 Å². The number of hydrogen-bond donors (Lipinski definition) is 2. The molecule has 4 rings (SSSR count). The number of carbonyl (C=O) groups excluding carboxylic acids is 1. The van der Waals surface area contributed by atoms with Crippen LogP contribution in [-0.2, 0) is 4.75 Å². The zero-order valence-electron chi connectivity index (χ0n) is 17.6. The van der Waals surface area contributed by atoms with Gasteiger partial charge in [-0.15, -0.1) is 0 Å². The molecule has 0 aliphatic carbocycles. The van der Waals surface area contributed by atoms with E-state index < -0.39 is 16.5 Å². The Morgan fingerprint density at radius 2 is 2.12 bits per heavy atom. The molecule has 166 valence electrons. The van der Waals surface area contributed by atoms with Gasteiger partial charge in [0, 0.05) is 23.0 Å². The van der Waals surface area contributed by atoms with Gasteiger partial charge in [0.15, 0.2) is 5.17 Å². The van der Waals surface area contributed by atoms with Crippen LogP contribution in [0.3, 0.4) is 0 Å². The first kappa shape index (κ1) is 22.3. The quantitative estimate of drug-likeness (QED) is 0.543. The van der Waals surface area contributed by atoms with E-state index in [9.17, 15) is 9.18 Å². The normalized spacial score (nSPS) is 20.7. The standard InChI is InChI=1S/C22H21ClFN5O2S/c1-11-19(12(2)31-29-11)18-9-22(3,32-21(25)28-18)15-8-14(5-6-16(15)24)27-20(30)17-7-4-13(23)10-26-17/h4-8,10,18H,9H2,1-3H3,(H2,25,28)(H,27,30)/t18-,22-/m0/s1. The Bertz CT molecular complexity index is 1190. The number of nitrogens with two attached hydrogens (primary N) is 1. The van der Waals surface area contributed by atoms with Crippen molar-refractivity contribution in [2.24, 2.45) is 10.7 Å². The fourth-order valence-corrected chi connectivity index (χ4v) is 5.14. The van der Waals surface area contributed by atoms with Gasteiger partial charge in [0.2, 0.25) is 0 Å². The number of aromatic nitrogens is 2. The number of carbonyl (C=O) groups is 1. The lowest BCUT2D eigenvalue weighted by molar-refractivity contribution is 0.102. The molecule has 32 heavy (non-hydrogen) atoms. The van der Waals surface area contributed by atoms with Gasteiger partial charge in [-0.2, -0.15) is 0 Å². The molecule has 0 saturated heterocycles. The second-order valence-corrected chi connectivity index (χ2v) is 9.73. The second-order valence-electron chi connectivity index (χ2n) is 7.77. The maximum absolute atomic E-state index is 15.0. The van der Waals surface area contributed by atoms with Gasteiger partial charge in [-0.1, -0.05) is 28.5 Å². The van der Waals surface area contributed by atoms with Gasteiger partial charge in [0.25, 0.3) is 5.91 Å². The average Bonchev–Trinajstić information content (AvgIpc) is 3.07. The van der Waals surface area contributed by atoms with E-state index in [1.54, 1.807) is 12.1 Å². The van der Waals surface area contributed by atoms with Crippen LogP contribution in [0.1, 0.15) is 52.5 Å². The molecule has 0 fully saturated rings. The van der Waals surface area contributed by atoms with Crippen LogP contribution in [0.4, 0.5) is 10.1 Å². The summed E-state index contributed by atoms with van der Waals surface area (Å²) >= 11 is 7.12. The van der Waals surface area contributed by atoms with E-state index in [4.69, 9.17) is 21.9 Å². The zero-order valence-corrected chi connectivity index (χ0v) is 19.2. The van der Waals surface area contributed by atoms with Crippen LogP contribution in [0, 0.1) is 19.7 Å². The van der Waals surface area contributed by atoms with Crippen molar-refractivity contribution in [1.29, 1.82) is 0 Å². The van der Waals surface area contributed by atoms with Crippen molar-refractivity contribution in [2.75, 3.05) is 5.32 Å². The molecule has 1 amide bonds. The largest absolute Gasteiger partial charge is 0.378 e. The zero-order chi connectivity index (χ0) is 23.0. The van der Waals surface area contributed by atoms with Gasteiger partial charge in [-0.3, -0.25) is 9.79 Å². The van der Waals surface area contributed by atoms with Crippen molar-refractivity contribution in [1.82, 2.24) is 10.1 Å². The lowest BCUT2D eigenvalue weighted by Crippen LogP contribution is -2.31. The Kier molecular flexibility index (Phi) is 5.96. The number of thioether (sulfide) groups is 1. The Morgan fingerprint density at radius 1 is 1.34 bits per heavy atom. The molecule has 0 spiro atoms. The first-order chi connectivity index (χ1) is 15.2. The summed E-state index contributed by atoms with van der Waals surface area (Å²) < 4.78 is 19.6.